The number of carbonyl (C=O) groups excluding carboxylic acids is 1. The molecule has 32 heavy (non-hydrogen) atoms. The number of aromatic nitrogens is 2. The Kier molecular flexibility index (Phi) is 6.81. The number of benzene rings is 1. The van der Waals surface area contributed by atoms with E-state index < -0.39 is 11.8 Å². The molecule has 0 spiro atoms. The van der Waals surface area contributed by atoms with Gasteiger partial charge in [-0.3, -0.25) is 0 Å². The molecule has 4 rings (SSSR count). The van der Waals surface area contributed by atoms with Crippen molar-refractivity contribution in [2.24, 2.45) is 0 Å². The molecule has 0 bridgehead atoms. The van der Waals surface area contributed by atoms with E-state index in [-0.39, 0.29) is 0 Å². The molecule has 8 heteroatoms. The van der Waals surface area contributed by atoms with E-state index in [4.69, 9.17) is 19.3 Å². The third-order valence-corrected chi connectivity index (χ3v) is 6.15. The second kappa shape index (κ2) is 9.75. The van der Waals surface area contributed by atoms with Crippen molar-refractivity contribution in [3.63, 3.8) is 0 Å². The average Bonchev–Trinajstić information content (AvgIpc) is 3.44. The first kappa shape index (κ1) is 22.4. The van der Waals surface area contributed by atoms with Crippen LogP contribution in [0.2, 0.25) is 0 Å². The third kappa shape index (κ3) is 6.11. The van der Waals surface area contributed by atoms with E-state index in [0.29, 0.717) is 25.6 Å². The Morgan fingerprint density at radius 1 is 1.12 bits per heavy atom. The molecule has 170 valence electrons. The second-order valence-electron chi connectivity index (χ2n) is 8.81. The fourth-order valence-electron chi connectivity index (χ4n) is 3.52. The van der Waals surface area contributed by atoms with E-state index in [9.17, 15) is 4.79 Å². The number of thiazole rings is 1. The molecule has 0 amide bonds. The predicted molar refractivity (Wildman–Crippen MR) is 123 cm³/mol. The molecule has 0 saturated carbocycles. The van der Waals surface area contributed by atoms with Gasteiger partial charge in [-0.2, -0.15) is 0 Å². The van der Waals surface area contributed by atoms with E-state index >= 15 is 0 Å². The molecule has 0 aliphatic carbocycles. The standard InChI is InChI=1S/C24H29N3O4S/c1-24(2,3)30-23(28)31-27-14-10-18(11-15-27)22-25-19(17-32-22)16-29-21-8-6-20(7-9-21)26-12-4-5-13-26/h4-9,12-13,17-18H,10-11,14-16H2,1-3H3. The van der Waals surface area contributed by atoms with Crippen molar-refractivity contribution >= 4 is 17.5 Å². The van der Waals surface area contributed by atoms with Crippen LogP contribution < -0.4 is 4.74 Å². The van der Waals surface area contributed by atoms with Gasteiger partial charge in [0.15, 0.2) is 0 Å². The molecular weight excluding hydrogens is 426 g/mol. The Morgan fingerprint density at radius 2 is 1.81 bits per heavy atom. The normalized spacial score (nSPS) is 15.5. The van der Waals surface area contributed by atoms with Crippen LogP contribution in [0.4, 0.5) is 4.79 Å². The van der Waals surface area contributed by atoms with Crippen molar-refractivity contribution in [2.75, 3.05) is 13.1 Å². The van der Waals surface area contributed by atoms with E-state index in [2.05, 4.69) is 9.95 Å². The fourth-order valence-corrected chi connectivity index (χ4v) is 4.50. The minimum atomic E-state index is -0.647. The lowest BCUT2D eigenvalue weighted by Gasteiger charge is -2.30. The number of hydroxylamine groups is 2. The monoisotopic (exact) mass is 455 g/mol. The summed E-state index contributed by atoms with van der Waals surface area (Å²) in [6.45, 7) is 7.25. The molecule has 1 aliphatic heterocycles. The van der Waals surface area contributed by atoms with E-state index in [0.717, 1.165) is 35.0 Å². The highest BCUT2D eigenvalue weighted by atomic mass is 32.1. The number of hydrogen-bond acceptors (Lipinski definition) is 7. The first-order chi connectivity index (χ1) is 15.4. The van der Waals surface area contributed by atoms with Crippen molar-refractivity contribution < 1.29 is 19.1 Å². The Balaban J connectivity index is 1.23. The van der Waals surface area contributed by atoms with Gasteiger partial charge in [-0.05, 0) is 70.0 Å². The molecule has 0 atom stereocenters. The molecule has 0 radical (unpaired) electrons. The van der Waals surface area contributed by atoms with Gasteiger partial charge in [-0.1, -0.05) is 0 Å². The van der Waals surface area contributed by atoms with Crippen LogP contribution >= 0.6 is 11.3 Å². The van der Waals surface area contributed by atoms with Crippen molar-refractivity contribution in [1.29, 1.82) is 0 Å². The summed E-state index contributed by atoms with van der Waals surface area (Å²) in [6, 6.07) is 12.0. The summed E-state index contributed by atoms with van der Waals surface area (Å²) >= 11 is 1.67. The highest BCUT2D eigenvalue weighted by Gasteiger charge is 2.27. The Morgan fingerprint density at radius 3 is 2.47 bits per heavy atom. The summed E-state index contributed by atoms with van der Waals surface area (Å²) in [5, 5.41) is 4.86. The lowest BCUT2D eigenvalue weighted by atomic mass is 9.99. The fraction of sp³-hybridized carbons (Fsp3) is 0.417. The number of piperidine rings is 1. The molecular formula is C24H29N3O4S. The predicted octanol–water partition coefficient (Wildman–Crippen LogP) is 5.56. The van der Waals surface area contributed by atoms with Crippen molar-refractivity contribution in [3.05, 3.63) is 64.9 Å². The minimum Gasteiger partial charge on any atom is -0.487 e. The van der Waals surface area contributed by atoms with Crippen molar-refractivity contribution in [2.45, 2.75) is 51.7 Å². The topological polar surface area (TPSA) is 65.8 Å². The van der Waals surface area contributed by atoms with Gasteiger partial charge < -0.3 is 18.9 Å². The maximum atomic E-state index is 11.8. The highest BCUT2D eigenvalue weighted by Crippen LogP contribution is 2.31. The maximum Gasteiger partial charge on any atom is 0.528 e. The van der Waals surface area contributed by atoms with Gasteiger partial charge in [0.05, 0.1) is 10.7 Å². The van der Waals surface area contributed by atoms with Crippen LogP contribution in [0.5, 0.6) is 5.75 Å². The van der Waals surface area contributed by atoms with Crippen molar-refractivity contribution in [1.82, 2.24) is 14.6 Å². The molecule has 1 aromatic carbocycles. The molecule has 1 fully saturated rings. The van der Waals surface area contributed by atoms with Gasteiger partial charge in [-0.25, -0.2) is 9.78 Å². The van der Waals surface area contributed by atoms with Crippen LogP contribution in [0.15, 0.2) is 54.2 Å². The molecule has 3 aromatic rings. The van der Waals surface area contributed by atoms with Gasteiger partial charge in [-0.15, -0.1) is 16.4 Å². The smallest absolute Gasteiger partial charge is 0.487 e. The molecule has 0 N–H and O–H groups in total. The van der Waals surface area contributed by atoms with Crippen molar-refractivity contribution in [3.8, 4) is 11.4 Å². The first-order valence-corrected chi connectivity index (χ1v) is 11.7. The summed E-state index contributed by atoms with van der Waals surface area (Å²) < 4.78 is 13.2. The highest BCUT2D eigenvalue weighted by molar-refractivity contribution is 7.09. The Bertz CT molecular complexity index is 1000. The summed E-state index contributed by atoms with van der Waals surface area (Å²) in [5.41, 5.74) is 1.48. The number of ether oxygens (including phenoxy) is 2. The average molecular weight is 456 g/mol. The van der Waals surface area contributed by atoms with Gasteiger partial charge in [0.2, 0.25) is 0 Å². The van der Waals surface area contributed by atoms with Crippen LogP contribution in [0, 0.1) is 0 Å². The van der Waals surface area contributed by atoms with Crippen LogP contribution in [-0.2, 0) is 16.2 Å². The second-order valence-corrected chi connectivity index (χ2v) is 9.70. The maximum absolute atomic E-state index is 11.8. The SMILES string of the molecule is CC(C)(C)OC(=O)ON1CCC(c2nc(COc3ccc(-n4cccc4)cc3)cs2)CC1. The first-order valence-electron chi connectivity index (χ1n) is 10.8. The molecule has 1 aliphatic rings. The largest absolute Gasteiger partial charge is 0.528 e. The molecule has 1 saturated heterocycles. The van der Waals surface area contributed by atoms with Crippen LogP contribution in [0.1, 0.15) is 50.2 Å². The van der Waals surface area contributed by atoms with E-state index in [1.807, 2.05) is 69.6 Å². The summed E-state index contributed by atoms with van der Waals surface area (Å²) in [4.78, 5) is 21.9. The Hall–Kier alpha value is -2.84. The number of carbonyl (C=O) groups is 1. The molecule has 2 aromatic heterocycles. The summed E-state index contributed by atoms with van der Waals surface area (Å²) in [7, 11) is 0. The zero-order valence-corrected chi connectivity index (χ0v) is 19.5. The van der Waals surface area contributed by atoms with Crippen LogP contribution in [-0.4, -0.2) is 39.5 Å². The summed E-state index contributed by atoms with van der Waals surface area (Å²) in [5.74, 6) is 1.19. The van der Waals surface area contributed by atoms with Gasteiger partial charge in [0.25, 0.3) is 0 Å². The third-order valence-electron chi connectivity index (χ3n) is 5.09. The Labute approximate surface area is 192 Å². The minimum absolute atomic E-state index is 0.369. The number of nitrogens with zero attached hydrogens (tertiary/aromatic N) is 3. The molecule has 7 nitrogen and oxygen atoms in total. The van der Waals surface area contributed by atoms with Gasteiger partial charge >= 0.3 is 6.16 Å². The van der Waals surface area contributed by atoms with E-state index in [1.54, 1.807) is 16.4 Å². The zero-order chi connectivity index (χ0) is 22.6. The summed E-state index contributed by atoms with van der Waals surface area (Å²) in [6.07, 6.45) is 5.15. The number of hydrogen-bond donors (Lipinski definition) is 0. The molecule has 0 unspecified atom stereocenters. The van der Waals surface area contributed by atoms with Gasteiger partial charge in [0, 0.05) is 42.5 Å². The van der Waals surface area contributed by atoms with E-state index in [1.165, 1.54) is 0 Å². The lowest BCUT2D eigenvalue weighted by molar-refractivity contribution is -0.152. The quantitative estimate of drug-likeness (QED) is 0.454. The lowest BCUT2D eigenvalue weighted by Crippen LogP contribution is -2.37. The van der Waals surface area contributed by atoms with Crippen LogP contribution in [0.25, 0.3) is 5.69 Å². The number of rotatable bonds is 6. The molecule has 3 heterocycles. The van der Waals surface area contributed by atoms with Gasteiger partial charge in [0.1, 0.15) is 18.0 Å². The zero-order valence-electron chi connectivity index (χ0n) is 18.7. The van der Waals surface area contributed by atoms with Crippen LogP contribution in [0.3, 0.4) is 0 Å².